The number of aromatic nitrogens is 6. The fraction of sp³-hybridized carbons (Fsp3) is 0.0330. The first-order chi connectivity index (χ1) is 52.3. The minimum Gasteiger partial charge on any atom is -0.512 e. The number of imidazole rings is 1. The molecular weight excluding hydrogens is 1480 g/mol. The average molecular weight is 1540 g/mol. The second-order valence-corrected chi connectivity index (χ2v) is 32.5. The first-order valence-corrected chi connectivity index (χ1v) is 39.0. The molecule has 0 amide bonds. The second kappa shape index (κ2) is 26.9. The quantitative estimate of drug-likeness (QED) is 0.0626. The van der Waals surface area contributed by atoms with Crippen molar-refractivity contribution in [1.29, 1.82) is 0 Å². The van der Waals surface area contributed by atoms with Gasteiger partial charge in [0.2, 0.25) is 0 Å². The molecule has 0 saturated heterocycles. The summed E-state index contributed by atoms with van der Waals surface area (Å²) in [6.45, 7) is 0. The zero-order valence-electron chi connectivity index (χ0n) is 58.2. The van der Waals surface area contributed by atoms with Gasteiger partial charge < -0.3 is 37.7 Å². The zero-order valence-corrected chi connectivity index (χ0v) is 63.0. The number of fused-ring (bicyclic) bond motifs is 16. The molecule has 2 aliphatic rings. The van der Waals surface area contributed by atoms with E-state index in [-0.39, 0.29) is 33.0 Å². The first kappa shape index (κ1) is 66.9. The molecule has 0 saturated carbocycles. The first-order valence-electron chi connectivity index (χ1n) is 35.3. The fourth-order valence-electron chi connectivity index (χ4n) is 16.1. The van der Waals surface area contributed by atoms with Crippen molar-refractivity contribution in [3.05, 3.63) is 328 Å². The topological polar surface area (TPSA) is 93.7 Å². The predicted octanol–water partition coefficient (Wildman–Crippen LogP) is 20.6. The molecule has 0 spiro atoms. The van der Waals surface area contributed by atoms with Gasteiger partial charge in [-0.15, -0.1) is 76.5 Å². The molecular formula is C91H62N10Ni2O2P2S+3. The average Bonchev–Trinajstić information content (AvgIpc) is 1.52. The van der Waals surface area contributed by atoms with E-state index in [4.69, 9.17) is 13.8 Å². The Bertz CT molecular complexity index is 6790. The largest absolute Gasteiger partial charge is 3.00 e. The Kier molecular flexibility index (Phi) is 16.7. The van der Waals surface area contributed by atoms with Crippen LogP contribution in [0.4, 0.5) is 51.4 Å². The smallest absolute Gasteiger partial charge is 0.512 e. The molecule has 20 aromatic rings. The van der Waals surface area contributed by atoms with Gasteiger partial charge in [-0.05, 0) is 136 Å². The minimum atomic E-state index is -1.59. The number of rotatable bonds is 10. The van der Waals surface area contributed by atoms with Crippen LogP contribution in [-0.4, -0.2) is 25.5 Å². The fourth-order valence-corrected chi connectivity index (χ4v) is 22.7. The van der Waals surface area contributed by atoms with Gasteiger partial charge in [0, 0.05) is 48.6 Å². The zero-order chi connectivity index (χ0) is 70.3. The number of hydrogen-bond acceptors (Lipinski definition) is 8. The molecule has 17 heteroatoms. The molecule has 0 fully saturated rings. The molecule has 0 aliphatic carbocycles. The van der Waals surface area contributed by atoms with Crippen LogP contribution in [-0.2, 0) is 47.1 Å². The number of para-hydroxylation sites is 7. The maximum atomic E-state index is 6.94. The van der Waals surface area contributed by atoms with Crippen LogP contribution >= 0.6 is 27.5 Å². The van der Waals surface area contributed by atoms with Gasteiger partial charge in [-0.1, -0.05) is 185 Å². The number of aryl methyl sites for hydroxylation is 2. The van der Waals surface area contributed by atoms with Crippen molar-refractivity contribution in [2.75, 3.05) is 26.8 Å². The molecule has 22 rings (SSSR count). The van der Waals surface area contributed by atoms with Crippen molar-refractivity contribution in [3.8, 4) is 27.3 Å². The van der Waals surface area contributed by atoms with E-state index in [0.29, 0.717) is 5.88 Å². The van der Waals surface area contributed by atoms with Gasteiger partial charge in [0.25, 0.3) is 0 Å². The van der Waals surface area contributed by atoms with Crippen LogP contribution < -0.4 is 50.6 Å². The molecule has 9 heterocycles. The van der Waals surface area contributed by atoms with Gasteiger partial charge in [0.05, 0.1) is 45.6 Å². The summed E-state index contributed by atoms with van der Waals surface area (Å²) in [5.41, 5.74) is 21.2. The van der Waals surface area contributed by atoms with E-state index in [1.165, 1.54) is 59.5 Å². The number of hydrogen-bond donors (Lipinski definition) is 1. The summed E-state index contributed by atoms with van der Waals surface area (Å²) in [4.78, 5) is 13.7. The van der Waals surface area contributed by atoms with Gasteiger partial charge in [-0.25, -0.2) is 21.3 Å². The molecule has 108 heavy (non-hydrogen) atoms. The third kappa shape index (κ3) is 10.7. The molecule has 0 unspecified atom stereocenters. The van der Waals surface area contributed by atoms with Crippen LogP contribution in [0.3, 0.4) is 0 Å². The molecule has 521 valence electrons. The van der Waals surface area contributed by atoms with E-state index in [1.807, 2.05) is 25.5 Å². The van der Waals surface area contributed by atoms with Gasteiger partial charge in [0.15, 0.2) is 6.39 Å². The van der Waals surface area contributed by atoms with E-state index >= 15 is 0 Å². The summed E-state index contributed by atoms with van der Waals surface area (Å²) in [5, 5.41) is 17.0. The number of anilines is 9. The Hall–Kier alpha value is -11.8. The minimum absolute atomic E-state index is 0. The van der Waals surface area contributed by atoms with Gasteiger partial charge in [-0.3, -0.25) is 9.01 Å². The van der Waals surface area contributed by atoms with E-state index < -0.39 is 16.1 Å². The van der Waals surface area contributed by atoms with E-state index in [9.17, 15) is 0 Å². The number of furan rings is 1. The monoisotopic (exact) mass is 1540 g/mol. The normalized spacial score (nSPS) is 12.4. The van der Waals surface area contributed by atoms with Crippen LogP contribution in [0.15, 0.2) is 313 Å². The van der Waals surface area contributed by atoms with Crippen LogP contribution in [0.1, 0.15) is 0 Å². The van der Waals surface area contributed by atoms with Crippen LogP contribution in [0.25, 0.3) is 114 Å². The Balaban J connectivity index is 0.000000145. The van der Waals surface area contributed by atoms with Crippen LogP contribution in [0.2, 0.25) is 0 Å². The standard InChI is InChI=1S/C46H34N7OP.C45H26N3OPS.2Ni/c1-49-28-34(44-46(49)50(2)29-47-44)30-22-24-39-41(26-30)52(40-21-13-12-20-38(40)51(39)3)43-27-33-42(54-43)25-23-36-45(33)53(37-19-11-10-18-35(37)48-36)55(31-14-6-4-7-15-31)32-16-8-5-9-17-32;1-3-12-30(13-4-1)50(31-14-5-2-6-15-31)48-39-20-10-8-17-34(39)36-24-25-42-37(45(36)48)27-43(51-42)47-38-19-9-7-16-33(38)35-23-22-29(26-40(35)47)32-18-11-21-41-44(32)46-28-49-41;;/h4-25,28-29,48H,1-3H3;1-25,28H;;/q2*-2;+2;+3/p+2. The van der Waals surface area contributed by atoms with Crippen molar-refractivity contribution in [2.45, 2.75) is 0 Å². The Labute approximate surface area is 648 Å². The summed E-state index contributed by atoms with van der Waals surface area (Å²) >= 11 is 1.79. The Morgan fingerprint density at radius 3 is 1.86 bits per heavy atom. The molecule has 12 nitrogen and oxygen atoms in total. The van der Waals surface area contributed by atoms with Crippen molar-refractivity contribution < 1.29 is 46.4 Å². The molecule has 2 aliphatic heterocycles. The van der Waals surface area contributed by atoms with Crippen molar-refractivity contribution >= 4 is 187 Å². The van der Waals surface area contributed by atoms with Crippen molar-refractivity contribution in [2.24, 2.45) is 14.1 Å². The predicted molar refractivity (Wildman–Crippen MR) is 441 cm³/mol. The molecule has 0 atom stereocenters. The Morgan fingerprint density at radius 2 is 1.13 bits per heavy atom. The number of thiophene rings is 1. The maximum absolute atomic E-state index is 6.94. The molecule has 0 bridgehead atoms. The molecule has 1 N–H and O–H groups in total. The van der Waals surface area contributed by atoms with Crippen LogP contribution in [0.5, 0.6) is 0 Å². The third-order valence-electron chi connectivity index (χ3n) is 20.8. The Morgan fingerprint density at radius 1 is 0.509 bits per heavy atom. The second-order valence-electron chi connectivity index (χ2n) is 26.9. The van der Waals surface area contributed by atoms with Crippen molar-refractivity contribution in [3.63, 3.8) is 0 Å². The summed E-state index contributed by atoms with van der Waals surface area (Å²) in [6, 6.07) is 117. The van der Waals surface area contributed by atoms with Gasteiger partial charge in [-0.2, -0.15) is 0 Å². The van der Waals surface area contributed by atoms with E-state index in [0.717, 1.165) is 128 Å². The van der Waals surface area contributed by atoms with E-state index in [2.05, 4.69) is 360 Å². The summed E-state index contributed by atoms with van der Waals surface area (Å²) in [5.74, 6) is 0.599. The van der Waals surface area contributed by atoms with Crippen LogP contribution in [0, 0.1) is 24.3 Å². The SMILES string of the molecule is CN1c2ccc(-c3cn(C)c4c3[n-]c[n+]4C)[c-]c2N(c2[c-]c3c4c(ccc3o2)Nc2ccccc2N4[PH+](c2ccccc2)c2ccccc2)c2ccccc21.[Ni+2].[Ni+3].[c-]1c(-n2c3[c-]c(-c4cccc5ocnc45)ccc3c3ccccc32)sc2ccc3c4ccccc4n([PH+](c4ccccc4)c4ccccc4)c3c12. The summed E-state index contributed by atoms with van der Waals surface area (Å²) in [7, 11) is 3.15. The van der Waals surface area contributed by atoms with Crippen molar-refractivity contribution in [1.82, 2.24) is 23.4 Å². The third-order valence-corrected chi connectivity index (χ3v) is 27.2. The number of benzene rings is 13. The molecule has 1 radical (unpaired) electrons. The number of oxazole rings is 1. The van der Waals surface area contributed by atoms with Gasteiger partial charge in [0.1, 0.15) is 54.5 Å². The maximum Gasteiger partial charge on any atom is 3.00 e. The summed E-state index contributed by atoms with van der Waals surface area (Å²) in [6.07, 6.45) is 5.52. The number of nitrogens with one attached hydrogen (secondary N) is 1. The summed E-state index contributed by atoms with van der Waals surface area (Å²) < 4.78 is 25.5. The van der Waals surface area contributed by atoms with E-state index in [1.54, 1.807) is 11.3 Å². The molecule has 13 aromatic carbocycles. The van der Waals surface area contributed by atoms with Gasteiger partial charge >= 0.3 is 33.0 Å². The number of nitrogens with zero attached hydrogens (tertiary/aromatic N) is 9. The molecule has 7 aromatic heterocycles.